The van der Waals surface area contributed by atoms with Crippen LogP contribution in [0, 0.1) is 6.92 Å². The van der Waals surface area contributed by atoms with Gasteiger partial charge in [-0.05, 0) is 18.6 Å². The molecule has 0 unspecified atom stereocenters. The molecule has 0 amide bonds. The minimum Gasteiger partial charge on any atom is -0.330 e. The fraction of sp³-hybridized carbons (Fsp3) is 0.300. The number of imidazole rings is 1. The average molecular weight is 223 g/mol. The summed E-state index contributed by atoms with van der Waals surface area (Å²) in [5.74, 6) is 0. The van der Waals surface area contributed by atoms with Gasteiger partial charge in [0.25, 0.3) is 0 Å². The highest BCUT2D eigenvalue weighted by molar-refractivity contribution is 5.41. The molecule has 0 radical (unpaired) electrons. The fourth-order valence-electron chi connectivity index (χ4n) is 1.48. The van der Waals surface area contributed by atoms with E-state index in [0.717, 1.165) is 16.9 Å². The second-order valence-corrected chi connectivity index (χ2v) is 3.67. The Morgan fingerprint density at radius 1 is 1.38 bits per heavy atom. The average Bonchev–Trinajstić information content (AvgIpc) is 2.56. The number of hydrogen-bond acceptors (Lipinski definition) is 5. The van der Waals surface area contributed by atoms with Gasteiger partial charge in [-0.15, -0.1) is 0 Å². The Kier molecular flexibility index (Phi) is 2.64. The normalized spacial score (nSPS) is 12.2. The number of nitrogens with one attached hydrogen (secondary N) is 1. The minimum absolute atomic E-state index is 0.0914. The van der Waals surface area contributed by atoms with Crippen molar-refractivity contribution in [2.75, 3.05) is 0 Å². The van der Waals surface area contributed by atoms with Crippen LogP contribution in [-0.4, -0.2) is 30.8 Å². The van der Waals surface area contributed by atoms with Crippen LogP contribution in [0.15, 0.2) is 24.5 Å². The molecule has 0 saturated heterocycles. The topological polar surface area (TPSA) is 90.0 Å². The minimum atomic E-state index is -2.87. The number of hydrogen-bond donors (Lipinski definition) is 4. The predicted octanol–water partition coefficient (Wildman–Crippen LogP) is -0.679. The molecule has 0 spiro atoms. The number of aryl methyl sites for hydroxylation is 1. The van der Waals surface area contributed by atoms with Crippen molar-refractivity contribution in [2.24, 2.45) is 0 Å². The Balaban J connectivity index is 2.28. The van der Waals surface area contributed by atoms with Gasteiger partial charge in [0.05, 0.1) is 11.9 Å². The van der Waals surface area contributed by atoms with Crippen LogP contribution in [0.5, 0.6) is 0 Å². The molecular formula is C10H13N3O3. The van der Waals surface area contributed by atoms with E-state index in [9.17, 15) is 0 Å². The standard InChI is InChI=1S/C10H13N3O3/c1-7-2-3-9-11-4-8(13(9)6-7)5-12-10(14,15)16/h2-4,6,12,14-16H,5H2,1H3. The highest BCUT2D eigenvalue weighted by atomic mass is 16.7. The Labute approximate surface area is 91.8 Å². The lowest BCUT2D eigenvalue weighted by Crippen LogP contribution is -2.44. The van der Waals surface area contributed by atoms with Crippen molar-refractivity contribution in [1.82, 2.24) is 14.7 Å². The van der Waals surface area contributed by atoms with Gasteiger partial charge in [-0.1, -0.05) is 6.07 Å². The van der Waals surface area contributed by atoms with E-state index in [4.69, 9.17) is 15.3 Å². The van der Waals surface area contributed by atoms with Gasteiger partial charge >= 0.3 is 6.10 Å². The summed E-state index contributed by atoms with van der Waals surface area (Å²) < 4.78 is 1.81. The maximum Gasteiger partial charge on any atom is 0.343 e. The summed E-state index contributed by atoms with van der Waals surface area (Å²) in [6, 6.07) is 3.80. The largest absolute Gasteiger partial charge is 0.343 e. The molecule has 0 aromatic carbocycles. The summed E-state index contributed by atoms with van der Waals surface area (Å²) >= 11 is 0. The van der Waals surface area contributed by atoms with Gasteiger partial charge in [0.15, 0.2) is 0 Å². The number of aromatic nitrogens is 2. The summed E-state index contributed by atoms with van der Waals surface area (Å²) in [6.07, 6.45) is 0.620. The smallest absolute Gasteiger partial charge is 0.330 e. The zero-order chi connectivity index (χ0) is 11.8. The van der Waals surface area contributed by atoms with Crippen molar-refractivity contribution in [2.45, 2.75) is 19.6 Å². The highest BCUT2D eigenvalue weighted by Gasteiger charge is 2.17. The fourth-order valence-corrected chi connectivity index (χ4v) is 1.48. The number of nitrogens with zero attached hydrogens (tertiary/aromatic N) is 2. The second kappa shape index (κ2) is 3.84. The van der Waals surface area contributed by atoms with Crippen LogP contribution in [0.1, 0.15) is 11.3 Å². The summed E-state index contributed by atoms with van der Waals surface area (Å²) in [5.41, 5.74) is 2.55. The van der Waals surface area contributed by atoms with E-state index in [1.54, 1.807) is 6.20 Å². The first-order valence-corrected chi connectivity index (χ1v) is 4.80. The van der Waals surface area contributed by atoms with E-state index in [2.05, 4.69) is 10.3 Å². The molecular weight excluding hydrogens is 210 g/mol. The second-order valence-electron chi connectivity index (χ2n) is 3.67. The third-order valence-electron chi connectivity index (χ3n) is 2.24. The lowest BCUT2D eigenvalue weighted by Gasteiger charge is -2.14. The third kappa shape index (κ3) is 2.37. The van der Waals surface area contributed by atoms with Crippen molar-refractivity contribution in [3.63, 3.8) is 0 Å². The SMILES string of the molecule is Cc1ccc2ncc(CNC(O)(O)O)n2c1. The van der Waals surface area contributed by atoms with Gasteiger partial charge in [-0.3, -0.25) is 0 Å². The van der Waals surface area contributed by atoms with E-state index >= 15 is 0 Å². The lowest BCUT2D eigenvalue weighted by molar-refractivity contribution is -0.332. The quantitative estimate of drug-likeness (QED) is 0.518. The summed E-state index contributed by atoms with van der Waals surface area (Å²) in [4.78, 5) is 4.14. The zero-order valence-electron chi connectivity index (χ0n) is 8.75. The molecule has 6 nitrogen and oxygen atoms in total. The molecule has 16 heavy (non-hydrogen) atoms. The molecule has 0 atom stereocenters. The summed E-state index contributed by atoms with van der Waals surface area (Å²) in [6.45, 7) is 2.04. The first kappa shape index (κ1) is 11.0. The highest BCUT2D eigenvalue weighted by Crippen LogP contribution is 2.08. The maximum atomic E-state index is 8.71. The zero-order valence-corrected chi connectivity index (χ0v) is 8.75. The molecule has 0 aliphatic rings. The van der Waals surface area contributed by atoms with Crippen LogP contribution >= 0.6 is 0 Å². The van der Waals surface area contributed by atoms with E-state index in [1.165, 1.54) is 0 Å². The van der Waals surface area contributed by atoms with Gasteiger partial charge < -0.3 is 19.7 Å². The Bertz CT molecular complexity index is 501. The van der Waals surface area contributed by atoms with E-state index < -0.39 is 6.10 Å². The van der Waals surface area contributed by atoms with E-state index in [0.29, 0.717) is 0 Å². The Morgan fingerprint density at radius 3 is 2.81 bits per heavy atom. The van der Waals surface area contributed by atoms with Crippen LogP contribution in [0.25, 0.3) is 5.65 Å². The molecule has 2 aromatic heterocycles. The molecule has 4 N–H and O–H groups in total. The van der Waals surface area contributed by atoms with Crippen molar-refractivity contribution >= 4 is 5.65 Å². The number of rotatable bonds is 3. The first-order chi connectivity index (χ1) is 7.46. The number of fused-ring (bicyclic) bond motifs is 1. The molecule has 6 heteroatoms. The Morgan fingerprint density at radius 2 is 2.12 bits per heavy atom. The van der Waals surface area contributed by atoms with Gasteiger partial charge in [0.1, 0.15) is 5.65 Å². The van der Waals surface area contributed by atoms with Crippen LogP contribution < -0.4 is 5.32 Å². The Hall–Kier alpha value is -1.47. The molecule has 0 fully saturated rings. The molecule has 0 saturated carbocycles. The predicted molar refractivity (Wildman–Crippen MR) is 56.2 cm³/mol. The molecule has 2 aromatic rings. The van der Waals surface area contributed by atoms with Gasteiger partial charge in [-0.25, -0.2) is 10.3 Å². The van der Waals surface area contributed by atoms with Crippen LogP contribution in [0.2, 0.25) is 0 Å². The van der Waals surface area contributed by atoms with Gasteiger partial charge in [0, 0.05) is 12.7 Å². The van der Waals surface area contributed by atoms with Gasteiger partial charge in [-0.2, -0.15) is 0 Å². The van der Waals surface area contributed by atoms with Crippen molar-refractivity contribution in [3.05, 3.63) is 35.8 Å². The van der Waals surface area contributed by atoms with Crippen LogP contribution in [-0.2, 0) is 6.54 Å². The maximum absolute atomic E-state index is 8.71. The molecule has 0 bridgehead atoms. The molecule has 86 valence electrons. The van der Waals surface area contributed by atoms with Crippen molar-refractivity contribution in [3.8, 4) is 0 Å². The van der Waals surface area contributed by atoms with E-state index in [-0.39, 0.29) is 6.54 Å². The van der Waals surface area contributed by atoms with Crippen molar-refractivity contribution in [1.29, 1.82) is 0 Å². The molecule has 0 aliphatic carbocycles. The monoisotopic (exact) mass is 223 g/mol. The summed E-state index contributed by atoms with van der Waals surface area (Å²) in [5, 5.41) is 28.3. The van der Waals surface area contributed by atoms with Crippen molar-refractivity contribution < 1.29 is 15.3 Å². The first-order valence-electron chi connectivity index (χ1n) is 4.80. The lowest BCUT2D eigenvalue weighted by atomic mass is 10.3. The van der Waals surface area contributed by atoms with Crippen LogP contribution in [0.4, 0.5) is 0 Å². The van der Waals surface area contributed by atoms with Gasteiger partial charge in [0.2, 0.25) is 0 Å². The van der Waals surface area contributed by atoms with E-state index in [1.807, 2.05) is 29.7 Å². The summed E-state index contributed by atoms with van der Waals surface area (Å²) in [7, 11) is 0. The number of aliphatic hydroxyl groups is 3. The molecule has 2 rings (SSSR count). The number of pyridine rings is 1. The third-order valence-corrected chi connectivity index (χ3v) is 2.24. The van der Waals surface area contributed by atoms with Crippen LogP contribution in [0.3, 0.4) is 0 Å². The molecule has 0 aliphatic heterocycles. The molecule has 2 heterocycles.